The van der Waals surface area contributed by atoms with Gasteiger partial charge in [-0.2, -0.15) is 0 Å². The third-order valence-corrected chi connectivity index (χ3v) is 4.58. The smallest absolute Gasteiger partial charge is 0.123 e. The Morgan fingerprint density at radius 2 is 2.05 bits per heavy atom. The lowest BCUT2D eigenvalue weighted by atomic mass is 9.63. The summed E-state index contributed by atoms with van der Waals surface area (Å²) < 4.78 is 5.45. The quantitative estimate of drug-likeness (QED) is 0.858. The standard InChI is InChI=1S/C16H25NO2/c1-11(2)12-5-6-14(19-3)13(9-12)15(17)16(10-18)7-4-8-16/h5-6,9,11,15,18H,4,7-8,10,17H2,1-3H3. The predicted molar refractivity (Wildman–Crippen MR) is 77.4 cm³/mol. The number of methoxy groups -OCH3 is 1. The largest absolute Gasteiger partial charge is 0.496 e. The molecular weight excluding hydrogens is 238 g/mol. The summed E-state index contributed by atoms with van der Waals surface area (Å²) in [5, 5.41) is 9.69. The van der Waals surface area contributed by atoms with Crippen molar-refractivity contribution in [3.63, 3.8) is 0 Å². The van der Waals surface area contributed by atoms with E-state index in [0.717, 1.165) is 30.6 Å². The molecule has 0 bridgehead atoms. The molecule has 3 heteroatoms. The van der Waals surface area contributed by atoms with Crippen LogP contribution < -0.4 is 10.5 Å². The molecule has 1 atom stereocenters. The molecular formula is C16H25NO2. The summed E-state index contributed by atoms with van der Waals surface area (Å²) in [5.74, 6) is 1.29. The molecule has 1 unspecified atom stereocenters. The second kappa shape index (κ2) is 5.51. The maximum atomic E-state index is 9.69. The second-order valence-corrected chi connectivity index (χ2v) is 6.01. The first-order valence-electron chi connectivity index (χ1n) is 7.08. The number of aliphatic hydroxyl groups is 1. The van der Waals surface area contributed by atoms with E-state index in [1.807, 2.05) is 6.07 Å². The lowest BCUT2D eigenvalue weighted by molar-refractivity contribution is 0.0177. The van der Waals surface area contributed by atoms with E-state index in [2.05, 4.69) is 26.0 Å². The van der Waals surface area contributed by atoms with Gasteiger partial charge in [0.15, 0.2) is 0 Å². The van der Waals surface area contributed by atoms with E-state index in [-0.39, 0.29) is 18.1 Å². The molecule has 1 aliphatic rings. The highest BCUT2D eigenvalue weighted by Crippen LogP contribution is 2.50. The fraction of sp³-hybridized carbons (Fsp3) is 0.625. The van der Waals surface area contributed by atoms with Gasteiger partial charge in [0.25, 0.3) is 0 Å². The number of hydrogen-bond donors (Lipinski definition) is 2. The van der Waals surface area contributed by atoms with Gasteiger partial charge in [0, 0.05) is 17.0 Å². The van der Waals surface area contributed by atoms with Crippen molar-refractivity contribution in [1.82, 2.24) is 0 Å². The number of benzene rings is 1. The topological polar surface area (TPSA) is 55.5 Å². The molecule has 3 nitrogen and oxygen atoms in total. The van der Waals surface area contributed by atoms with Gasteiger partial charge in [0.1, 0.15) is 5.75 Å². The highest BCUT2D eigenvalue weighted by atomic mass is 16.5. The van der Waals surface area contributed by atoms with E-state index < -0.39 is 0 Å². The molecule has 106 valence electrons. The number of aliphatic hydroxyl groups excluding tert-OH is 1. The van der Waals surface area contributed by atoms with Crippen LogP contribution in [0.25, 0.3) is 0 Å². The van der Waals surface area contributed by atoms with Crippen molar-refractivity contribution < 1.29 is 9.84 Å². The van der Waals surface area contributed by atoms with Crippen LogP contribution in [-0.4, -0.2) is 18.8 Å². The van der Waals surface area contributed by atoms with E-state index in [1.165, 1.54) is 5.56 Å². The minimum atomic E-state index is -0.153. The molecule has 1 aromatic carbocycles. The first-order chi connectivity index (χ1) is 9.04. The number of ether oxygens (including phenoxy) is 1. The van der Waals surface area contributed by atoms with Crippen molar-refractivity contribution >= 4 is 0 Å². The zero-order valence-electron chi connectivity index (χ0n) is 12.1. The normalized spacial score (nSPS) is 19.1. The minimum Gasteiger partial charge on any atom is -0.496 e. The van der Waals surface area contributed by atoms with E-state index in [0.29, 0.717) is 5.92 Å². The first-order valence-corrected chi connectivity index (χ1v) is 7.08. The molecule has 19 heavy (non-hydrogen) atoms. The van der Waals surface area contributed by atoms with Crippen LogP contribution in [0.4, 0.5) is 0 Å². The van der Waals surface area contributed by atoms with Crippen molar-refractivity contribution in [2.45, 2.75) is 45.1 Å². The third kappa shape index (κ3) is 2.49. The van der Waals surface area contributed by atoms with Gasteiger partial charge in [0.05, 0.1) is 13.7 Å². The van der Waals surface area contributed by atoms with Crippen LogP contribution in [0.1, 0.15) is 56.2 Å². The van der Waals surface area contributed by atoms with Gasteiger partial charge in [-0.3, -0.25) is 0 Å². The Morgan fingerprint density at radius 3 is 2.47 bits per heavy atom. The van der Waals surface area contributed by atoms with Gasteiger partial charge in [-0.15, -0.1) is 0 Å². The van der Waals surface area contributed by atoms with E-state index in [9.17, 15) is 5.11 Å². The summed E-state index contributed by atoms with van der Waals surface area (Å²) in [4.78, 5) is 0. The zero-order valence-corrected chi connectivity index (χ0v) is 12.1. The van der Waals surface area contributed by atoms with Crippen LogP contribution in [0.15, 0.2) is 18.2 Å². The van der Waals surface area contributed by atoms with Gasteiger partial charge in [-0.25, -0.2) is 0 Å². The molecule has 2 rings (SSSR count). The molecule has 0 aromatic heterocycles. The zero-order chi connectivity index (χ0) is 14.0. The van der Waals surface area contributed by atoms with Crippen LogP contribution >= 0.6 is 0 Å². The highest BCUT2D eigenvalue weighted by Gasteiger charge is 2.43. The third-order valence-electron chi connectivity index (χ3n) is 4.58. The molecule has 1 aliphatic carbocycles. The fourth-order valence-electron chi connectivity index (χ4n) is 2.88. The predicted octanol–water partition coefficient (Wildman–Crippen LogP) is 2.98. The lowest BCUT2D eigenvalue weighted by Crippen LogP contribution is -2.43. The SMILES string of the molecule is COc1ccc(C(C)C)cc1C(N)C1(CO)CCC1. The summed E-state index contributed by atoms with van der Waals surface area (Å²) in [7, 11) is 1.67. The first kappa shape index (κ1) is 14.4. The summed E-state index contributed by atoms with van der Waals surface area (Å²) in [5.41, 5.74) is 8.59. The van der Waals surface area contributed by atoms with Crippen molar-refractivity contribution in [2.75, 3.05) is 13.7 Å². The minimum absolute atomic E-state index is 0.150. The van der Waals surface area contributed by atoms with Gasteiger partial charge in [0.2, 0.25) is 0 Å². The van der Waals surface area contributed by atoms with E-state index >= 15 is 0 Å². The van der Waals surface area contributed by atoms with E-state index in [1.54, 1.807) is 7.11 Å². The summed E-state index contributed by atoms with van der Waals surface area (Å²) in [6.45, 7) is 4.49. The molecule has 0 aliphatic heterocycles. The molecule has 0 spiro atoms. The number of rotatable bonds is 5. The average molecular weight is 263 g/mol. The van der Waals surface area contributed by atoms with Crippen molar-refractivity contribution in [3.05, 3.63) is 29.3 Å². The Kier molecular flexibility index (Phi) is 4.16. The molecule has 0 saturated heterocycles. The van der Waals surface area contributed by atoms with Crippen LogP contribution in [0.5, 0.6) is 5.75 Å². The maximum absolute atomic E-state index is 9.69. The average Bonchev–Trinajstić information content (AvgIpc) is 2.37. The van der Waals surface area contributed by atoms with Crippen LogP contribution in [0.3, 0.4) is 0 Å². The Labute approximate surface area is 115 Å². The molecule has 1 fully saturated rings. The molecule has 3 N–H and O–H groups in total. The summed E-state index contributed by atoms with van der Waals surface area (Å²) in [6, 6.07) is 6.07. The van der Waals surface area contributed by atoms with Gasteiger partial charge < -0.3 is 15.6 Å². The van der Waals surface area contributed by atoms with Gasteiger partial charge in [-0.1, -0.05) is 32.4 Å². The maximum Gasteiger partial charge on any atom is 0.123 e. The highest BCUT2D eigenvalue weighted by molar-refractivity contribution is 5.41. The number of hydrogen-bond acceptors (Lipinski definition) is 3. The monoisotopic (exact) mass is 263 g/mol. The summed E-state index contributed by atoms with van der Waals surface area (Å²) >= 11 is 0. The Bertz CT molecular complexity index is 433. The fourth-order valence-corrected chi connectivity index (χ4v) is 2.88. The van der Waals surface area contributed by atoms with Gasteiger partial charge in [-0.05, 0) is 30.4 Å². The van der Waals surface area contributed by atoms with Crippen LogP contribution in [-0.2, 0) is 0 Å². The van der Waals surface area contributed by atoms with Crippen molar-refractivity contribution in [3.8, 4) is 5.75 Å². The van der Waals surface area contributed by atoms with Crippen molar-refractivity contribution in [1.29, 1.82) is 0 Å². The molecule has 0 amide bonds. The Hall–Kier alpha value is -1.06. The molecule has 1 aromatic rings. The molecule has 0 radical (unpaired) electrons. The Balaban J connectivity index is 2.38. The lowest BCUT2D eigenvalue weighted by Gasteiger charge is -2.45. The Morgan fingerprint density at radius 1 is 1.37 bits per heavy atom. The van der Waals surface area contributed by atoms with Crippen LogP contribution in [0, 0.1) is 5.41 Å². The number of nitrogens with two attached hydrogens (primary N) is 1. The molecule has 0 heterocycles. The second-order valence-electron chi connectivity index (χ2n) is 6.01. The van der Waals surface area contributed by atoms with Crippen LogP contribution in [0.2, 0.25) is 0 Å². The van der Waals surface area contributed by atoms with E-state index in [4.69, 9.17) is 10.5 Å². The van der Waals surface area contributed by atoms with Gasteiger partial charge >= 0.3 is 0 Å². The van der Waals surface area contributed by atoms with Crippen molar-refractivity contribution in [2.24, 2.45) is 11.1 Å². The molecule has 1 saturated carbocycles. The summed E-state index contributed by atoms with van der Waals surface area (Å²) in [6.07, 6.45) is 3.15.